The molecule has 0 amide bonds. The van der Waals surface area contributed by atoms with E-state index in [2.05, 4.69) is 0 Å². The summed E-state index contributed by atoms with van der Waals surface area (Å²) in [6.45, 7) is 1.87. The molecule has 0 saturated carbocycles. The van der Waals surface area contributed by atoms with E-state index in [1.807, 2.05) is 6.92 Å². The van der Waals surface area contributed by atoms with Gasteiger partial charge in [0.05, 0.1) is 0 Å². The Bertz CT molecular complexity index is 348. The molecule has 0 radical (unpaired) electrons. The van der Waals surface area contributed by atoms with E-state index in [0.29, 0.717) is 17.7 Å². The van der Waals surface area contributed by atoms with Crippen molar-refractivity contribution in [2.45, 2.75) is 19.8 Å². The highest BCUT2D eigenvalue weighted by Gasteiger charge is 2.18. The van der Waals surface area contributed by atoms with Crippen LogP contribution >= 0.6 is 0 Å². The fourth-order valence-electron chi connectivity index (χ4n) is 0.932. The van der Waals surface area contributed by atoms with Crippen LogP contribution < -0.4 is 0 Å². The Morgan fingerprint density at radius 2 is 1.44 bits per heavy atom. The van der Waals surface area contributed by atoms with Crippen molar-refractivity contribution in [2.24, 2.45) is 0 Å². The average molecular weight is 228 g/mol. The Labute approximate surface area is 91.5 Å². The van der Waals surface area contributed by atoms with Gasteiger partial charge in [-0.25, -0.2) is 14.4 Å². The SMILES string of the molecule is CC1=C(C(=O)O)CC1.O=C(O)/C=C\C(=O)O. The molecule has 1 rings (SSSR count). The summed E-state index contributed by atoms with van der Waals surface area (Å²) in [5, 5.41) is 24.0. The molecule has 0 saturated heterocycles. The first-order valence-electron chi connectivity index (χ1n) is 4.40. The number of allylic oxidation sites excluding steroid dienone is 1. The van der Waals surface area contributed by atoms with Crippen molar-refractivity contribution in [1.82, 2.24) is 0 Å². The molecule has 0 aromatic carbocycles. The predicted octanol–water partition coefficient (Wildman–Crippen LogP) is 0.893. The van der Waals surface area contributed by atoms with Crippen LogP contribution in [0.2, 0.25) is 0 Å². The number of hydrogen-bond acceptors (Lipinski definition) is 3. The third kappa shape index (κ3) is 5.58. The highest BCUT2D eigenvalue weighted by atomic mass is 16.4. The average Bonchev–Trinajstić information content (AvgIpc) is 2.12. The molecule has 6 heteroatoms. The number of hydrogen-bond donors (Lipinski definition) is 3. The molecule has 0 aromatic heterocycles. The summed E-state index contributed by atoms with van der Waals surface area (Å²) in [5.74, 6) is -3.26. The lowest BCUT2D eigenvalue weighted by Gasteiger charge is -2.15. The van der Waals surface area contributed by atoms with E-state index in [-0.39, 0.29) is 0 Å². The number of rotatable bonds is 3. The molecule has 0 fully saturated rings. The lowest BCUT2D eigenvalue weighted by molar-refractivity contribution is -0.134. The Morgan fingerprint density at radius 3 is 1.50 bits per heavy atom. The van der Waals surface area contributed by atoms with Crippen LogP contribution in [0.5, 0.6) is 0 Å². The second-order valence-electron chi connectivity index (χ2n) is 3.07. The summed E-state index contributed by atoms with van der Waals surface area (Å²) in [6, 6.07) is 0. The van der Waals surface area contributed by atoms with E-state index in [9.17, 15) is 14.4 Å². The third-order valence-corrected chi connectivity index (χ3v) is 1.89. The first-order valence-corrected chi connectivity index (χ1v) is 4.40. The van der Waals surface area contributed by atoms with Crippen LogP contribution in [0.4, 0.5) is 0 Å². The second kappa shape index (κ2) is 6.39. The van der Waals surface area contributed by atoms with Crippen LogP contribution in [0, 0.1) is 0 Å². The van der Waals surface area contributed by atoms with Gasteiger partial charge in [-0.2, -0.15) is 0 Å². The quantitative estimate of drug-likeness (QED) is 0.618. The van der Waals surface area contributed by atoms with Crippen molar-refractivity contribution in [3.63, 3.8) is 0 Å². The summed E-state index contributed by atoms with van der Waals surface area (Å²) < 4.78 is 0. The zero-order chi connectivity index (χ0) is 12.7. The van der Waals surface area contributed by atoms with Crippen LogP contribution in [0.3, 0.4) is 0 Å². The van der Waals surface area contributed by atoms with Crippen molar-refractivity contribution in [3.05, 3.63) is 23.3 Å². The largest absolute Gasteiger partial charge is 0.478 e. The third-order valence-electron chi connectivity index (χ3n) is 1.89. The molecular weight excluding hydrogens is 216 g/mol. The highest BCUT2D eigenvalue weighted by Crippen LogP contribution is 2.26. The zero-order valence-corrected chi connectivity index (χ0v) is 8.64. The van der Waals surface area contributed by atoms with Gasteiger partial charge in [0.1, 0.15) is 0 Å². The molecular formula is C10H12O6. The minimum Gasteiger partial charge on any atom is -0.478 e. The van der Waals surface area contributed by atoms with Gasteiger partial charge in [0.25, 0.3) is 0 Å². The molecule has 16 heavy (non-hydrogen) atoms. The molecule has 0 aliphatic heterocycles. The van der Waals surface area contributed by atoms with E-state index in [4.69, 9.17) is 15.3 Å². The standard InChI is InChI=1S/C6H8O2.C4H4O4/c1-4-2-3-5(4)6(7)8;5-3(6)1-2-4(7)8/h2-3H2,1H3,(H,7,8);1-2H,(H,5,6)(H,7,8)/b;2-1-. The first-order chi connectivity index (χ1) is 7.34. The van der Waals surface area contributed by atoms with Gasteiger partial charge in [0.15, 0.2) is 0 Å². The molecule has 0 heterocycles. The monoisotopic (exact) mass is 228 g/mol. The van der Waals surface area contributed by atoms with Gasteiger partial charge in [-0.05, 0) is 19.8 Å². The van der Waals surface area contributed by atoms with Crippen molar-refractivity contribution in [3.8, 4) is 0 Å². The van der Waals surface area contributed by atoms with Crippen molar-refractivity contribution in [2.75, 3.05) is 0 Å². The fourth-order valence-corrected chi connectivity index (χ4v) is 0.932. The molecule has 6 nitrogen and oxygen atoms in total. The van der Waals surface area contributed by atoms with E-state index >= 15 is 0 Å². The van der Waals surface area contributed by atoms with Gasteiger partial charge in [-0.3, -0.25) is 0 Å². The number of aliphatic carboxylic acids is 3. The summed E-state index contributed by atoms with van der Waals surface area (Å²) in [5.41, 5.74) is 1.66. The number of carboxylic acid groups (broad SMARTS) is 3. The summed E-state index contributed by atoms with van der Waals surface area (Å²) in [6.07, 6.45) is 2.85. The van der Waals surface area contributed by atoms with E-state index in [1.165, 1.54) is 0 Å². The summed E-state index contributed by atoms with van der Waals surface area (Å²) >= 11 is 0. The van der Waals surface area contributed by atoms with Crippen LogP contribution in [0.25, 0.3) is 0 Å². The van der Waals surface area contributed by atoms with E-state index in [1.54, 1.807) is 0 Å². The minimum absolute atomic E-state index is 0.558. The summed E-state index contributed by atoms with van der Waals surface area (Å²) in [7, 11) is 0. The Kier molecular flexibility index (Phi) is 5.55. The predicted molar refractivity (Wildman–Crippen MR) is 54.0 cm³/mol. The lowest BCUT2D eigenvalue weighted by Crippen LogP contribution is -2.10. The molecule has 0 unspecified atom stereocenters. The maximum Gasteiger partial charge on any atom is 0.331 e. The van der Waals surface area contributed by atoms with Crippen LogP contribution in [-0.2, 0) is 14.4 Å². The maximum atomic E-state index is 10.1. The molecule has 0 spiro atoms. The topological polar surface area (TPSA) is 112 Å². The molecule has 0 bridgehead atoms. The summed E-state index contributed by atoms with van der Waals surface area (Å²) in [4.78, 5) is 29.2. The van der Waals surface area contributed by atoms with Gasteiger partial charge in [0, 0.05) is 17.7 Å². The van der Waals surface area contributed by atoms with Crippen LogP contribution in [0.15, 0.2) is 23.3 Å². The molecule has 1 aliphatic carbocycles. The Morgan fingerprint density at radius 1 is 1.00 bits per heavy atom. The molecule has 3 N–H and O–H groups in total. The number of carbonyl (C=O) groups is 3. The van der Waals surface area contributed by atoms with Gasteiger partial charge in [0.2, 0.25) is 0 Å². The highest BCUT2D eigenvalue weighted by molar-refractivity contribution is 5.89. The van der Waals surface area contributed by atoms with Crippen molar-refractivity contribution >= 4 is 17.9 Å². The lowest BCUT2D eigenvalue weighted by atomic mass is 9.90. The fraction of sp³-hybridized carbons (Fsp3) is 0.300. The Hall–Kier alpha value is -2.11. The van der Waals surface area contributed by atoms with Gasteiger partial charge in [-0.15, -0.1) is 0 Å². The van der Waals surface area contributed by atoms with Crippen LogP contribution in [-0.4, -0.2) is 33.2 Å². The maximum absolute atomic E-state index is 10.1. The Balaban J connectivity index is 0.000000281. The van der Waals surface area contributed by atoms with Gasteiger partial charge in [-0.1, -0.05) is 5.57 Å². The van der Waals surface area contributed by atoms with Gasteiger partial charge >= 0.3 is 17.9 Å². The molecule has 88 valence electrons. The van der Waals surface area contributed by atoms with E-state index < -0.39 is 17.9 Å². The number of carboxylic acids is 3. The second-order valence-corrected chi connectivity index (χ2v) is 3.07. The minimum atomic E-state index is -1.26. The van der Waals surface area contributed by atoms with Crippen LogP contribution in [0.1, 0.15) is 19.8 Å². The van der Waals surface area contributed by atoms with Crippen molar-refractivity contribution < 1.29 is 29.7 Å². The normalized spacial score (nSPS) is 13.8. The molecule has 0 aromatic rings. The molecule has 0 atom stereocenters. The first kappa shape index (κ1) is 13.9. The smallest absolute Gasteiger partial charge is 0.331 e. The van der Waals surface area contributed by atoms with Crippen molar-refractivity contribution in [1.29, 1.82) is 0 Å². The zero-order valence-electron chi connectivity index (χ0n) is 8.64. The molecule has 1 aliphatic rings. The van der Waals surface area contributed by atoms with Gasteiger partial charge < -0.3 is 15.3 Å². The van der Waals surface area contributed by atoms with E-state index in [0.717, 1.165) is 18.4 Å².